The van der Waals surface area contributed by atoms with Crippen molar-refractivity contribution in [2.75, 3.05) is 13.1 Å². The van der Waals surface area contributed by atoms with Gasteiger partial charge in [-0.2, -0.15) is 0 Å². The molecule has 0 atom stereocenters. The molecule has 0 spiro atoms. The summed E-state index contributed by atoms with van der Waals surface area (Å²) in [7, 11) is 0. The molecular weight excluding hydrogens is 195 g/mol. The third kappa shape index (κ3) is 15.2. The number of nitrogens with zero attached hydrogens (tertiary/aromatic N) is 2. The van der Waals surface area contributed by atoms with Gasteiger partial charge in [0.25, 0.3) is 0 Å². The van der Waals surface area contributed by atoms with Crippen LogP contribution >= 0.6 is 0 Å². The van der Waals surface area contributed by atoms with Crippen molar-refractivity contribution in [1.82, 2.24) is 0 Å². The minimum atomic E-state index is 0. The number of rotatable bonds is 7. The first kappa shape index (κ1) is 15.9. The van der Waals surface area contributed by atoms with Gasteiger partial charge in [-0.25, -0.2) is 19.6 Å². The molecule has 0 aromatic carbocycles. The standard InChI is InChI=1S/C8H12N2O2.K.H/c11-7-9-5-3-1-2-4-6-10-8-12;;/h1-6H2;;/q;+1;-1. The third-order valence-corrected chi connectivity index (χ3v) is 1.42. The molecule has 0 rings (SSSR count). The number of unbranched alkanes of at least 4 members (excludes halogenated alkanes) is 3. The van der Waals surface area contributed by atoms with E-state index in [2.05, 4.69) is 9.98 Å². The van der Waals surface area contributed by atoms with Crippen molar-refractivity contribution in [3.63, 3.8) is 0 Å². The first-order valence-corrected chi connectivity index (χ1v) is 3.99. The predicted octanol–water partition coefficient (Wildman–Crippen LogP) is -1.67. The fraction of sp³-hybridized carbons (Fsp3) is 0.750. The normalized spacial score (nSPS) is 7.69. The summed E-state index contributed by atoms with van der Waals surface area (Å²) in [6, 6.07) is 0. The van der Waals surface area contributed by atoms with Crippen molar-refractivity contribution >= 4 is 12.2 Å². The van der Waals surface area contributed by atoms with Crippen LogP contribution in [0.15, 0.2) is 9.98 Å². The molecule has 0 aliphatic heterocycles. The first-order chi connectivity index (χ1) is 5.91. The fourth-order valence-electron chi connectivity index (χ4n) is 0.827. The Morgan fingerprint density at radius 3 is 1.54 bits per heavy atom. The van der Waals surface area contributed by atoms with E-state index >= 15 is 0 Å². The fourth-order valence-corrected chi connectivity index (χ4v) is 0.827. The van der Waals surface area contributed by atoms with E-state index in [1.165, 1.54) is 12.2 Å². The van der Waals surface area contributed by atoms with Crippen LogP contribution in [0.25, 0.3) is 0 Å². The molecule has 0 bridgehead atoms. The molecule has 0 aliphatic rings. The Labute approximate surface area is 122 Å². The molecule has 4 nitrogen and oxygen atoms in total. The predicted molar refractivity (Wildman–Crippen MR) is 45.6 cm³/mol. The molecule has 0 amide bonds. The summed E-state index contributed by atoms with van der Waals surface area (Å²) in [5.41, 5.74) is 0. The van der Waals surface area contributed by atoms with Crippen LogP contribution in [0, 0.1) is 0 Å². The molecule has 0 fully saturated rings. The number of isocyanates is 2. The van der Waals surface area contributed by atoms with Crippen LogP contribution in [0.2, 0.25) is 0 Å². The van der Waals surface area contributed by atoms with Crippen molar-refractivity contribution in [3.8, 4) is 0 Å². The average molecular weight is 208 g/mol. The van der Waals surface area contributed by atoms with Crippen LogP contribution in [-0.4, -0.2) is 25.2 Å². The Bertz CT molecular complexity index is 180. The molecule has 0 aliphatic carbocycles. The minimum Gasteiger partial charge on any atom is -1.00 e. The van der Waals surface area contributed by atoms with Crippen molar-refractivity contribution < 1.29 is 62.4 Å². The smallest absolute Gasteiger partial charge is 1.00 e. The molecule has 0 saturated heterocycles. The van der Waals surface area contributed by atoms with Crippen LogP contribution in [0.3, 0.4) is 0 Å². The van der Waals surface area contributed by atoms with Crippen molar-refractivity contribution in [2.45, 2.75) is 25.7 Å². The van der Waals surface area contributed by atoms with Gasteiger partial charge in [0.2, 0.25) is 12.2 Å². The molecule has 0 saturated carbocycles. The van der Waals surface area contributed by atoms with Gasteiger partial charge >= 0.3 is 51.4 Å². The topological polar surface area (TPSA) is 58.9 Å². The van der Waals surface area contributed by atoms with E-state index in [1.807, 2.05) is 0 Å². The van der Waals surface area contributed by atoms with Gasteiger partial charge in [0.1, 0.15) is 0 Å². The van der Waals surface area contributed by atoms with Crippen molar-refractivity contribution in [3.05, 3.63) is 0 Å². The van der Waals surface area contributed by atoms with Gasteiger partial charge in [-0.15, -0.1) is 0 Å². The third-order valence-electron chi connectivity index (χ3n) is 1.42. The maximum absolute atomic E-state index is 9.63. The summed E-state index contributed by atoms with van der Waals surface area (Å²) in [4.78, 5) is 26.1. The second-order valence-corrected chi connectivity index (χ2v) is 2.36. The van der Waals surface area contributed by atoms with E-state index in [1.54, 1.807) is 0 Å². The Kier molecular flexibility index (Phi) is 18.2. The number of aliphatic imine (C=N–C) groups is 2. The molecule has 0 aromatic heterocycles. The van der Waals surface area contributed by atoms with Crippen molar-refractivity contribution in [2.24, 2.45) is 9.98 Å². The monoisotopic (exact) mass is 208 g/mol. The SMILES string of the molecule is O=C=NCCCCCCN=C=O.[H-].[K+]. The summed E-state index contributed by atoms with van der Waals surface area (Å²) < 4.78 is 0. The summed E-state index contributed by atoms with van der Waals surface area (Å²) in [5.74, 6) is 0. The van der Waals surface area contributed by atoms with Gasteiger partial charge < -0.3 is 1.43 Å². The maximum Gasteiger partial charge on any atom is 1.00 e. The number of carbonyl (C=O) groups excluding carboxylic acids is 2. The van der Waals surface area contributed by atoms with Crippen LogP contribution in [0.5, 0.6) is 0 Å². The molecule has 0 aromatic rings. The zero-order chi connectivity index (χ0) is 9.07. The molecular formula is C8H13KN2O2. The van der Waals surface area contributed by atoms with E-state index in [0.717, 1.165) is 25.7 Å². The Morgan fingerprint density at radius 2 is 1.23 bits per heavy atom. The van der Waals surface area contributed by atoms with Gasteiger partial charge in [0.05, 0.1) is 13.1 Å². The maximum atomic E-state index is 9.63. The molecule has 0 N–H and O–H groups in total. The molecule has 0 radical (unpaired) electrons. The largest absolute Gasteiger partial charge is 1.00 e. The minimum absolute atomic E-state index is 0. The van der Waals surface area contributed by atoms with E-state index in [4.69, 9.17) is 0 Å². The van der Waals surface area contributed by atoms with Gasteiger partial charge in [-0.05, 0) is 12.8 Å². The van der Waals surface area contributed by atoms with Crippen LogP contribution in [0.1, 0.15) is 27.1 Å². The molecule has 0 heterocycles. The van der Waals surface area contributed by atoms with Crippen LogP contribution < -0.4 is 51.4 Å². The summed E-state index contributed by atoms with van der Waals surface area (Å²) in [5, 5.41) is 0. The Hall–Kier alpha value is 0.396. The summed E-state index contributed by atoms with van der Waals surface area (Å²) in [6.07, 6.45) is 6.80. The van der Waals surface area contributed by atoms with E-state index in [0.29, 0.717) is 13.1 Å². The number of hydrogen-bond acceptors (Lipinski definition) is 4. The van der Waals surface area contributed by atoms with Crippen molar-refractivity contribution in [1.29, 1.82) is 0 Å². The number of hydrogen-bond donors (Lipinski definition) is 0. The van der Waals surface area contributed by atoms with Crippen LogP contribution in [-0.2, 0) is 9.59 Å². The zero-order valence-corrected chi connectivity index (χ0v) is 11.1. The Morgan fingerprint density at radius 1 is 0.846 bits per heavy atom. The molecule has 0 unspecified atom stereocenters. The zero-order valence-electron chi connectivity index (χ0n) is 8.95. The van der Waals surface area contributed by atoms with E-state index in [-0.39, 0.29) is 52.8 Å². The first-order valence-electron chi connectivity index (χ1n) is 3.99. The second-order valence-electron chi connectivity index (χ2n) is 2.36. The molecule has 5 heteroatoms. The summed E-state index contributed by atoms with van der Waals surface area (Å²) >= 11 is 0. The van der Waals surface area contributed by atoms with Gasteiger partial charge in [-0.1, -0.05) is 12.8 Å². The van der Waals surface area contributed by atoms with Gasteiger partial charge in [0, 0.05) is 0 Å². The second kappa shape index (κ2) is 14.9. The molecule has 13 heavy (non-hydrogen) atoms. The Balaban J connectivity index is -0.000000605. The average Bonchev–Trinajstić information content (AvgIpc) is 2.10. The van der Waals surface area contributed by atoms with Gasteiger partial charge in [0.15, 0.2) is 0 Å². The van der Waals surface area contributed by atoms with Gasteiger partial charge in [-0.3, -0.25) is 0 Å². The van der Waals surface area contributed by atoms with Crippen LogP contribution in [0.4, 0.5) is 0 Å². The summed E-state index contributed by atoms with van der Waals surface area (Å²) in [6.45, 7) is 1.11. The quantitative estimate of drug-likeness (QED) is 0.217. The van der Waals surface area contributed by atoms with E-state index in [9.17, 15) is 9.59 Å². The molecule has 68 valence electrons. The van der Waals surface area contributed by atoms with E-state index < -0.39 is 0 Å².